The highest BCUT2D eigenvalue weighted by Gasteiger charge is 2.63. The van der Waals surface area contributed by atoms with Crippen LogP contribution in [0.5, 0.6) is 0 Å². The van der Waals surface area contributed by atoms with Crippen LogP contribution in [-0.2, 0) is 15.2 Å². The number of hydrogen-bond donors (Lipinski definition) is 2. The average molecular weight is 573 g/mol. The Morgan fingerprint density at radius 2 is 1.79 bits per heavy atom. The van der Waals surface area contributed by atoms with Crippen LogP contribution in [0.2, 0.25) is 5.02 Å². The molecule has 3 rings (SSSR count). The summed E-state index contributed by atoms with van der Waals surface area (Å²) < 4.78 is 105. The van der Waals surface area contributed by atoms with Gasteiger partial charge in [-0.2, -0.15) is 26.3 Å². The molecule has 16 heteroatoms. The Bertz CT molecular complexity index is 1270. The number of alkyl halides is 8. The quantitative estimate of drug-likeness (QED) is 0.458. The zero-order chi connectivity index (χ0) is 28.5. The van der Waals surface area contributed by atoms with E-state index in [0.717, 1.165) is 12.1 Å². The summed E-state index contributed by atoms with van der Waals surface area (Å²) in [5.41, 5.74) is -5.02. The van der Waals surface area contributed by atoms with Gasteiger partial charge in [0.1, 0.15) is 12.2 Å². The van der Waals surface area contributed by atoms with E-state index in [1.807, 2.05) is 0 Å². The molecule has 0 unspecified atom stereocenters. The van der Waals surface area contributed by atoms with E-state index >= 15 is 0 Å². The summed E-state index contributed by atoms with van der Waals surface area (Å²) in [6.07, 6.45) is -13.9. The molecule has 0 radical (unpaired) electrons. The second kappa shape index (κ2) is 10.7. The third kappa shape index (κ3) is 6.49. The van der Waals surface area contributed by atoms with Crippen LogP contribution in [0.3, 0.4) is 0 Å². The van der Waals surface area contributed by atoms with Gasteiger partial charge in [0.05, 0.1) is 24.4 Å². The molecule has 1 atom stereocenters. The number of carbonyl (C=O) groups is 2. The maximum absolute atomic E-state index is 14.2. The Hall–Kier alpha value is -3.49. The lowest BCUT2D eigenvalue weighted by Crippen LogP contribution is -2.43. The number of benzene rings is 1. The molecule has 0 bridgehead atoms. The van der Waals surface area contributed by atoms with Gasteiger partial charge in [-0.15, -0.1) is 0 Å². The van der Waals surface area contributed by atoms with Gasteiger partial charge in [-0.1, -0.05) is 22.8 Å². The zero-order valence-corrected chi connectivity index (χ0v) is 19.9. The Labute approximate surface area is 214 Å². The number of hydrogen-bond acceptors (Lipinski definition) is 5. The van der Waals surface area contributed by atoms with Crippen molar-refractivity contribution in [3.63, 3.8) is 0 Å². The maximum atomic E-state index is 14.2. The molecule has 0 saturated carbocycles. The molecular formula is C22H17ClF8N4O3. The summed E-state index contributed by atoms with van der Waals surface area (Å²) in [6, 6.07) is 5.21. The molecule has 1 aliphatic heterocycles. The molecule has 1 aliphatic rings. The van der Waals surface area contributed by atoms with Crippen molar-refractivity contribution in [2.24, 2.45) is 5.16 Å². The minimum absolute atomic E-state index is 0.0166. The fourth-order valence-corrected chi connectivity index (χ4v) is 3.69. The van der Waals surface area contributed by atoms with Gasteiger partial charge in [-0.25, -0.2) is 13.8 Å². The van der Waals surface area contributed by atoms with Crippen LogP contribution in [0.1, 0.15) is 45.7 Å². The Kier molecular flexibility index (Phi) is 8.19. The lowest BCUT2D eigenvalue weighted by molar-refractivity contribution is -0.277. The van der Waals surface area contributed by atoms with E-state index in [9.17, 15) is 44.7 Å². The first-order valence-electron chi connectivity index (χ1n) is 10.5. The number of aryl methyl sites for hydroxylation is 1. The van der Waals surface area contributed by atoms with E-state index in [2.05, 4.69) is 15.5 Å². The first-order valence-corrected chi connectivity index (χ1v) is 10.9. The van der Waals surface area contributed by atoms with Crippen LogP contribution < -0.4 is 10.6 Å². The normalized spacial score (nSPS) is 17.7. The molecule has 0 spiro atoms. The number of pyridine rings is 1. The number of amides is 2. The van der Waals surface area contributed by atoms with Gasteiger partial charge in [-0.3, -0.25) is 9.59 Å². The Morgan fingerprint density at radius 1 is 1.11 bits per heavy atom. The molecule has 2 amide bonds. The highest BCUT2D eigenvalue weighted by Crippen LogP contribution is 2.49. The minimum Gasteiger partial charge on any atom is -0.372 e. The first-order chi connectivity index (χ1) is 17.5. The number of nitrogens with zero attached hydrogens (tertiary/aromatic N) is 2. The van der Waals surface area contributed by atoms with Crippen molar-refractivity contribution in [2.75, 3.05) is 13.1 Å². The number of halogens is 9. The SMILES string of the molecule is Cc1cc(C2=NO[C@](c3cc(Cl)cc(C(F)F)n3)(C(F)(F)F)C2)ccc1C(=O)NCC(=O)NCC(F)(F)F. The van der Waals surface area contributed by atoms with Gasteiger partial charge in [0.25, 0.3) is 17.9 Å². The van der Waals surface area contributed by atoms with Crippen LogP contribution in [0, 0.1) is 6.92 Å². The third-order valence-corrected chi connectivity index (χ3v) is 5.55. The second-order valence-electron chi connectivity index (χ2n) is 8.13. The molecule has 1 aromatic carbocycles. The molecular weight excluding hydrogens is 556 g/mol. The van der Waals surface area contributed by atoms with E-state index in [-0.39, 0.29) is 22.4 Å². The predicted octanol–water partition coefficient (Wildman–Crippen LogP) is 4.97. The molecule has 0 aliphatic carbocycles. The fourth-order valence-electron chi connectivity index (χ4n) is 3.47. The summed E-state index contributed by atoms with van der Waals surface area (Å²) in [6.45, 7) is -0.909. The van der Waals surface area contributed by atoms with Crippen molar-refractivity contribution in [1.82, 2.24) is 15.6 Å². The first kappa shape index (κ1) is 29.1. The van der Waals surface area contributed by atoms with E-state index in [1.165, 1.54) is 25.1 Å². The smallest absolute Gasteiger partial charge is 0.372 e. The van der Waals surface area contributed by atoms with Gasteiger partial charge in [-0.05, 0) is 42.3 Å². The number of rotatable bonds is 7. The monoisotopic (exact) mass is 572 g/mol. The number of nitrogens with one attached hydrogen (secondary N) is 2. The van der Waals surface area contributed by atoms with E-state index < -0.39 is 72.1 Å². The zero-order valence-electron chi connectivity index (χ0n) is 19.1. The summed E-state index contributed by atoms with van der Waals surface area (Å²) in [5, 5.41) is 6.81. The van der Waals surface area contributed by atoms with Crippen molar-refractivity contribution in [2.45, 2.75) is 37.7 Å². The second-order valence-corrected chi connectivity index (χ2v) is 8.57. The van der Waals surface area contributed by atoms with Crippen molar-refractivity contribution < 1.29 is 49.5 Å². The topological polar surface area (TPSA) is 92.7 Å². The standard InChI is InChI=1S/C22H17ClF8N4O3/c1-10-4-11(2-3-13(10)19(37)32-8-17(36)33-9-21(26,27)28)15-7-20(38-35-15,22(29,30)31)16-6-12(23)5-14(34-16)18(24)25/h2-6,18H,7-9H2,1H3,(H,32,37)(H,33,36)/t20-/m1/s1. The summed E-state index contributed by atoms with van der Waals surface area (Å²) >= 11 is 5.74. The van der Waals surface area contributed by atoms with Gasteiger partial charge < -0.3 is 15.5 Å². The molecule has 2 aromatic rings. The fraction of sp³-hybridized carbons (Fsp3) is 0.364. The molecule has 2 N–H and O–H groups in total. The minimum atomic E-state index is -5.14. The third-order valence-electron chi connectivity index (χ3n) is 5.33. The highest BCUT2D eigenvalue weighted by molar-refractivity contribution is 6.30. The van der Waals surface area contributed by atoms with Gasteiger partial charge in [0.2, 0.25) is 5.91 Å². The van der Waals surface area contributed by atoms with Crippen LogP contribution >= 0.6 is 11.6 Å². The van der Waals surface area contributed by atoms with Gasteiger partial charge in [0, 0.05) is 10.6 Å². The molecule has 7 nitrogen and oxygen atoms in total. The number of aromatic nitrogens is 1. The Balaban J connectivity index is 1.78. The molecule has 0 fully saturated rings. The van der Waals surface area contributed by atoms with Crippen LogP contribution in [-0.4, -0.2) is 48.0 Å². The van der Waals surface area contributed by atoms with Gasteiger partial charge in [0.15, 0.2) is 0 Å². The van der Waals surface area contributed by atoms with Crippen LogP contribution in [0.4, 0.5) is 35.1 Å². The molecule has 206 valence electrons. The van der Waals surface area contributed by atoms with Crippen molar-refractivity contribution in [3.05, 3.63) is 63.4 Å². The van der Waals surface area contributed by atoms with E-state index in [0.29, 0.717) is 0 Å². The predicted molar refractivity (Wildman–Crippen MR) is 117 cm³/mol. The van der Waals surface area contributed by atoms with Crippen molar-refractivity contribution in [3.8, 4) is 0 Å². The van der Waals surface area contributed by atoms with Gasteiger partial charge >= 0.3 is 12.4 Å². The summed E-state index contributed by atoms with van der Waals surface area (Å²) in [5.74, 6) is -1.91. The molecule has 1 aromatic heterocycles. The highest BCUT2D eigenvalue weighted by atomic mass is 35.5. The lowest BCUT2D eigenvalue weighted by Gasteiger charge is -2.28. The van der Waals surface area contributed by atoms with Crippen LogP contribution in [0.15, 0.2) is 35.5 Å². The average Bonchev–Trinajstić information content (AvgIpc) is 3.27. The van der Waals surface area contributed by atoms with E-state index in [1.54, 1.807) is 5.32 Å². The lowest BCUT2D eigenvalue weighted by atomic mass is 9.89. The van der Waals surface area contributed by atoms with Crippen molar-refractivity contribution >= 4 is 29.1 Å². The Morgan fingerprint density at radius 3 is 2.37 bits per heavy atom. The van der Waals surface area contributed by atoms with Crippen LogP contribution in [0.25, 0.3) is 0 Å². The maximum Gasteiger partial charge on any atom is 0.437 e. The molecule has 38 heavy (non-hydrogen) atoms. The molecule has 0 saturated heterocycles. The molecule has 2 heterocycles. The van der Waals surface area contributed by atoms with Crippen molar-refractivity contribution in [1.29, 1.82) is 0 Å². The number of oxime groups is 1. The largest absolute Gasteiger partial charge is 0.437 e. The summed E-state index contributed by atoms with van der Waals surface area (Å²) in [7, 11) is 0. The number of carbonyl (C=O) groups excluding carboxylic acids is 2. The van der Waals surface area contributed by atoms with E-state index in [4.69, 9.17) is 16.4 Å². The summed E-state index contributed by atoms with van der Waals surface area (Å²) in [4.78, 5) is 32.0.